The van der Waals surface area contributed by atoms with Crippen LogP contribution in [0.25, 0.3) is 0 Å². The van der Waals surface area contributed by atoms with Crippen LogP contribution in [0.2, 0.25) is 0 Å². The summed E-state index contributed by atoms with van der Waals surface area (Å²) in [5, 5.41) is 4.04. The molecule has 0 unspecified atom stereocenters. The third kappa shape index (κ3) is 2.61. The van der Waals surface area contributed by atoms with E-state index in [4.69, 9.17) is 14.0 Å². The summed E-state index contributed by atoms with van der Waals surface area (Å²) < 4.78 is 16.0. The zero-order chi connectivity index (χ0) is 13.1. The van der Waals surface area contributed by atoms with Crippen molar-refractivity contribution in [2.45, 2.75) is 18.8 Å². The number of methoxy groups -OCH3 is 1. The Kier molecular flexibility index (Phi) is 3.46. The summed E-state index contributed by atoms with van der Waals surface area (Å²) in [5.74, 6) is 2.48. The molecule has 0 saturated carbocycles. The molecule has 1 fully saturated rings. The molecule has 1 atom stereocenters. The number of para-hydroxylation sites is 1. The lowest BCUT2D eigenvalue weighted by atomic mass is 10.1. The monoisotopic (exact) mass is 260 g/mol. The van der Waals surface area contributed by atoms with Crippen molar-refractivity contribution < 1.29 is 14.0 Å². The summed E-state index contributed by atoms with van der Waals surface area (Å²) in [6.07, 6.45) is 1.55. The van der Waals surface area contributed by atoms with Gasteiger partial charge in [0, 0.05) is 18.1 Å². The molecule has 5 heteroatoms. The second kappa shape index (κ2) is 5.40. The number of ether oxygens (including phenoxy) is 2. The molecule has 1 aliphatic heterocycles. The quantitative estimate of drug-likeness (QED) is 0.843. The first-order chi connectivity index (χ1) is 9.36. The summed E-state index contributed by atoms with van der Waals surface area (Å²) in [6, 6.07) is 7.84. The summed E-state index contributed by atoms with van der Waals surface area (Å²) >= 11 is 0. The molecule has 100 valence electrons. The average molecular weight is 260 g/mol. The van der Waals surface area contributed by atoms with Gasteiger partial charge in [-0.1, -0.05) is 23.4 Å². The minimum absolute atomic E-state index is 0.273. The Hall–Kier alpha value is -1.88. The Bertz CT molecular complexity index is 547. The van der Waals surface area contributed by atoms with Crippen LogP contribution >= 0.6 is 0 Å². The van der Waals surface area contributed by atoms with E-state index in [0.717, 1.165) is 30.2 Å². The fourth-order valence-electron chi connectivity index (χ4n) is 2.26. The minimum atomic E-state index is 0.273. The van der Waals surface area contributed by atoms with Crippen molar-refractivity contribution in [2.75, 3.05) is 20.3 Å². The minimum Gasteiger partial charge on any atom is -0.496 e. The first-order valence-corrected chi connectivity index (χ1v) is 6.39. The van der Waals surface area contributed by atoms with Crippen LogP contribution in [-0.4, -0.2) is 30.5 Å². The van der Waals surface area contributed by atoms with E-state index in [0.29, 0.717) is 18.9 Å². The second-order valence-corrected chi connectivity index (χ2v) is 4.60. The number of hydrogen-bond donors (Lipinski definition) is 0. The molecule has 1 saturated heterocycles. The van der Waals surface area contributed by atoms with E-state index < -0.39 is 0 Å². The van der Waals surface area contributed by atoms with E-state index in [2.05, 4.69) is 10.1 Å². The highest BCUT2D eigenvalue weighted by atomic mass is 16.5. The summed E-state index contributed by atoms with van der Waals surface area (Å²) in [5.41, 5.74) is 1.04. The molecule has 0 aliphatic carbocycles. The molecule has 1 aliphatic rings. The van der Waals surface area contributed by atoms with Crippen molar-refractivity contribution in [1.82, 2.24) is 10.1 Å². The molecule has 0 N–H and O–H groups in total. The van der Waals surface area contributed by atoms with Crippen LogP contribution in [0.4, 0.5) is 0 Å². The van der Waals surface area contributed by atoms with Crippen LogP contribution in [0, 0.1) is 0 Å². The van der Waals surface area contributed by atoms with E-state index in [1.165, 1.54) is 0 Å². The van der Waals surface area contributed by atoms with Gasteiger partial charge in [-0.3, -0.25) is 0 Å². The number of aromatic nitrogens is 2. The molecule has 2 heterocycles. The van der Waals surface area contributed by atoms with E-state index in [1.807, 2.05) is 24.3 Å². The van der Waals surface area contributed by atoms with Gasteiger partial charge in [0.25, 0.3) is 0 Å². The summed E-state index contributed by atoms with van der Waals surface area (Å²) in [6.45, 7) is 1.47. The molecule has 0 spiro atoms. The van der Waals surface area contributed by atoms with Gasteiger partial charge in [-0.25, -0.2) is 0 Å². The van der Waals surface area contributed by atoms with Crippen LogP contribution < -0.4 is 4.74 Å². The van der Waals surface area contributed by atoms with Gasteiger partial charge >= 0.3 is 0 Å². The number of hydrogen-bond acceptors (Lipinski definition) is 5. The predicted octanol–water partition coefficient (Wildman–Crippen LogP) is 2.17. The molecule has 0 amide bonds. The molecule has 5 nitrogen and oxygen atoms in total. The first kappa shape index (κ1) is 12.2. The highest BCUT2D eigenvalue weighted by Gasteiger charge is 2.23. The lowest BCUT2D eigenvalue weighted by molar-refractivity contribution is 0.192. The standard InChI is InChI=1S/C14H16N2O3/c1-17-12-5-3-2-4-10(12)8-13-15-14(16-19-13)11-6-7-18-9-11/h2-5,11H,6-9H2,1H3/t11-/m1/s1. The molecular weight excluding hydrogens is 244 g/mol. The van der Waals surface area contributed by atoms with Crippen molar-refractivity contribution in [3.8, 4) is 5.75 Å². The van der Waals surface area contributed by atoms with Gasteiger partial charge in [-0.05, 0) is 12.5 Å². The van der Waals surface area contributed by atoms with Crippen LogP contribution in [0.5, 0.6) is 5.75 Å². The van der Waals surface area contributed by atoms with Crippen LogP contribution in [0.15, 0.2) is 28.8 Å². The maximum absolute atomic E-state index is 5.33. The Labute approximate surface area is 111 Å². The molecule has 19 heavy (non-hydrogen) atoms. The third-order valence-electron chi connectivity index (χ3n) is 3.31. The van der Waals surface area contributed by atoms with Gasteiger partial charge in [0.1, 0.15) is 5.75 Å². The Balaban J connectivity index is 1.76. The highest BCUT2D eigenvalue weighted by molar-refractivity contribution is 5.34. The summed E-state index contributed by atoms with van der Waals surface area (Å²) in [4.78, 5) is 4.45. The maximum atomic E-state index is 5.33. The van der Waals surface area contributed by atoms with Crippen molar-refractivity contribution in [3.05, 3.63) is 41.5 Å². The molecule has 3 rings (SSSR count). The van der Waals surface area contributed by atoms with E-state index in [9.17, 15) is 0 Å². The largest absolute Gasteiger partial charge is 0.496 e. The lowest BCUT2D eigenvalue weighted by Crippen LogP contribution is -2.00. The second-order valence-electron chi connectivity index (χ2n) is 4.60. The molecule has 2 aromatic rings. The average Bonchev–Trinajstić information content (AvgIpc) is 3.09. The van der Waals surface area contributed by atoms with Gasteiger partial charge in [0.15, 0.2) is 5.82 Å². The van der Waals surface area contributed by atoms with E-state index in [1.54, 1.807) is 7.11 Å². The Morgan fingerprint density at radius 1 is 1.37 bits per heavy atom. The van der Waals surface area contributed by atoms with Gasteiger partial charge in [0.05, 0.1) is 20.1 Å². The normalized spacial score (nSPS) is 18.7. The fraction of sp³-hybridized carbons (Fsp3) is 0.429. The number of nitrogens with zero attached hydrogens (tertiary/aromatic N) is 2. The zero-order valence-electron chi connectivity index (χ0n) is 10.8. The predicted molar refractivity (Wildman–Crippen MR) is 68.3 cm³/mol. The van der Waals surface area contributed by atoms with Gasteiger partial charge < -0.3 is 14.0 Å². The first-order valence-electron chi connectivity index (χ1n) is 6.39. The Morgan fingerprint density at radius 2 is 2.26 bits per heavy atom. The van der Waals surface area contributed by atoms with Crippen LogP contribution in [0.1, 0.15) is 29.6 Å². The molecular formula is C14H16N2O3. The number of rotatable bonds is 4. The number of benzene rings is 1. The van der Waals surface area contributed by atoms with Crippen LogP contribution in [-0.2, 0) is 11.2 Å². The molecule has 0 bridgehead atoms. The van der Waals surface area contributed by atoms with E-state index >= 15 is 0 Å². The van der Waals surface area contributed by atoms with Crippen molar-refractivity contribution in [2.24, 2.45) is 0 Å². The molecule has 1 aromatic carbocycles. The zero-order valence-corrected chi connectivity index (χ0v) is 10.8. The van der Waals surface area contributed by atoms with Crippen LogP contribution in [0.3, 0.4) is 0 Å². The smallest absolute Gasteiger partial charge is 0.231 e. The topological polar surface area (TPSA) is 57.4 Å². The fourth-order valence-corrected chi connectivity index (χ4v) is 2.26. The van der Waals surface area contributed by atoms with Crippen molar-refractivity contribution >= 4 is 0 Å². The van der Waals surface area contributed by atoms with Gasteiger partial charge in [0.2, 0.25) is 5.89 Å². The Morgan fingerprint density at radius 3 is 3.05 bits per heavy atom. The lowest BCUT2D eigenvalue weighted by Gasteiger charge is -2.05. The van der Waals surface area contributed by atoms with Gasteiger partial charge in [-0.2, -0.15) is 4.98 Å². The highest BCUT2D eigenvalue weighted by Crippen LogP contribution is 2.24. The van der Waals surface area contributed by atoms with Crippen molar-refractivity contribution in [1.29, 1.82) is 0 Å². The third-order valence-corrected chi connectivity index (χ3v) is 3.31. The van der Waals surface area contributed by atoms with Crippen molar-refractivity contribution in [3.63, 3.8) is 0 Å². The maximum Gasteiger partial charge on any atom is 0.231 e. The molecule has 1 aromatic heterocycles. The molecule has 0 radical (unpaired) electrons. The SMILES string of the molecule is COc1ccccc1Cc1nc([C@@H]2CCOC2)no1. The van der Waals surface area contributed by atoms with E-state index in [-0.39, 0.29) is 5.92 Å². The van der Waals surface area contributed by atoms with Gasteiger partial charge in [-0.15, -0.1) is 0 Å². The summed E-state index contributed by atoms with van der Waals surface area (Å²) in [7, 11) is 1.66.